The molecule has 15 heteroatoms. The van der Waals surface area contributed by atoms with Gasteiger partial charge in [-0.05, 0) is 65.2 Å². The van der Waals surface area contributed by atoms with E-state index in [1.165, 1.54) is 36.4 Å². The first-order valence-electron chi connectivity index (χ1n) is 24.8. The SMILES string of the molecule is O=C(OC[C@H]1O[C@@H](O[C@H]2[C@H](OCc3ccccc3)[C@@H](OCc3ccccc3)[C@H](O)O[C@@H]2COCc2ccccc2)[C@H](OC(=O)c2ccccc2)[C@@H](OC(=O)c2ccccc2)[C@@H]1OC(=O)c1ccccc1)c1ccccc1. The molecule has 0 radical (unpaired) electrons. The van der Waals surface area contributed by atoms with Gasteiger partial charge in [-0.3, -0.25) is 0 Å². The van der Waals surface area contributed by atoms with E-state index < -0.39 is 91.9 Å². The highest BCUT2D eigenvalue weighted by molar-refractivity contribution is 5.91. The summed E-state index contributed by atoms with van der Waals surface area (Å²) in [4.78, 5) is 56.8. The maximum Gasteiger partial charge on any atom is 0.338 e. The van der Waals surface area contributed by atoms with Crippen molar-refractivity contribution < 1.29 is 71.7 Å². The number of esters is 4. The second kappa shape index (κ2) is 26.6. The van der Waals surface area contributed by atoms with Gasteiger partial charge in [0, 0.05) is 0 Å². The van der Waals surface area contributed by atoms with Crippen LogP contribution in [0.4, 0.5) is 0 Å². The van der Waals surface area contributed by atoms with Gasteiger partial charge < -0.3 is 52.5 Å². The van der Waals surface area contributed by atoms with Gasteiger partial charge in [0.25, 0.3) is 0 Å². The van der Waals surface area contributed by atoms with Crippen LogP contribution in [0.5, 0.6) is 0 Å². The van der Waals surface area contributed by atoms with Gasteiger partial charge in [0.1, 0.15) is 37.1 Å². The van der Waals surface area contributed by atoms with E-state index in [9.17, 15) is 24.3 Å². The number of benzene rings is 7. The van der Waals surface area contributed by atoms with Gasteiger partial charge in [0.05, 0.1) is 48.7 Å². The maximum absolute atomic E-state index is 14.5. The van der Waals surface area contributed by atoms with E-state index in [0.717, 1.165) is 16.7 Å². The first-order valence-corrected chi connectivity index (χ1v) is 24.8. The van der Waals surface area contributed by atoms with Crippen molar-refractivity contribution >= 4 is 23.9 Å². The third-order valence-electron chi connectivity index (χ3n) is 12.6. The molecule has 390 valence electrons. The summed E-state index contributed by atoms with van der Waals surface area (Å²) in [5, 5.41) is 11.9. The molecule has 0 bridgehead atoms. The van der Waals surface area contributed by atoms with E-state index in [1.54, 1.807) is 84.9 Å². The minimum atomic E-state index is -1.77. The van der Waals surface area contributed by atoms with E-state index in [2.05, 4.69) is 0 Å². The topological polar surface area (TPSA) is 181 Å². The average molecular weight is 1030 g/mol. The Hall–Kier alpha value is -7.86. The Kier molecular flexibility index (Phi) is 18.5. The van der Waals surface area contributed by atoms with E-state index in [-0.39, 0.29) is 48.7 Å². The van der Waals surface area contributed by atoms with Crippen LogP contribution in [0.1, 0.15) is 58.1 Å². The molecule has 2 fully saturated rings. The van der Waals surface area contributed by atoms with E-state index >= 15 is 0 Å². The summed E-state index contributed by atoms with van der Waals surface area (Å²) in [6.45, 7) is -0.608. The zero-order chi connectivity index (χ0) is 52.5. The minimum absolute atomic E-state index is 0.00566. The van der Waals surface area contributed by atoms with Gasteiger partial charge in [-0.1, -0.05) is 164 Å². The van der Waals surface area contributed by atoms with Crippen molar-refractivity contribution in [2.24, 2.45) is 0 Å². The minimum Gasteiger partial charge on any atom is -0.459 e. The second-order valence-electron chi connectivity index (χ2n) is 17.9. The molecule has 0 aliphatic carbocycles. The van der Waals surface area contributed by atoms with Gasteiger partial charge in [-0.2, -0.15) is 0 Å². The lowest BCUT2D eigenvalue weighted by Crippen LogP contribution is -2.67. The Morgan fingerprint density at radius 2 is 0.737 bits per heavy atom. The predicted molar refractivity (Wildman–Crippen MR) is 274 cm³/mol. The highest BCUT2D eigenvalue weighted by Crippen LogP contribution is 2.36. The van der Waals surface area contributed by atoms with Crippen molar-refractivity contribution in [3.05, 3.63) is 251 Å². The molecule has 0 aromatic heterocycles. The molecule has 9 rings (SSSR count). The summed E-state index contributed by atoms with van der Waals surface area (Å²) in [6.07, 6.45) is -14.9. The fraction of sp³-hybridized carbons (Fsp3) is 0.246. The van der Waals surface area contributed by atoms with Crippen LogP contribution in [0.2, 0.25) is 0 Å². The van der Waals surface area contributed by atoms with Crippen molar-refractivity contribution in [1.29, 1.82) is 0 Å². The Bertz CT molecular complexity index is 2900. The summed E-state index contributed by atoms with van der Waals surface area (Å²) in [5.41, 5.74) is 2.98. The molecule has 76 heavy (non-hydrogen) atoms. The molecule has 2 heterocycles. The molecule has 0 amide bonds. The van der Waals surface area contributed by atoms with Crippen LogP contribution >= 0.6 is 0 Å². The zero-order valence-electron chi connectivity index (χ0n) is 41.2. The highest BCUT2D eigenvalue weighted by atomic mass is 16.8. The second-order valence-corrected chi connectivity index (χ2v) is 17.9. The number of hydrogen-bond donors (Lipinski definition) is 1. The molecule has 15 nitrogen and oxygen atoms in total. The van der Waals surface area contributed by atoms with Crippen LogP contribution in [-0.4, -0.2) is 104 Å². The molecule has 2 aliphatic heterocycles. The Labute approximate surface area is 439 Å². The lowest BCUT2D eigenvalue weighted by molar-refractivity contribution is -0.363. The first-order chi connectivity index (χ1) is 37.3. The lowest BCUT2D eigenvalue weighted by atomic mass is 9.95. The maximum atomic E-state index is 14.5. The number of ether oxygens (including phenoxy) is 10. The number of aliphatic hydroxyl groups is 1. The standard InChI is InChI=1S/C61H56O15/c62-56(44-28-14-4-15-29-44)70-40-49-51(73-57(63)45-30-16-5-17-31-45)53(74-58(64)46-32-18-6-19-33-46)55(75-59(65)47-34-20-7-21-35-47)61(72-49)76-50-48(39-67-36-41-22-8-1-9-23-41)71-60(66)54(69-38-43-26-12-3-13-27-43)52(50)68-37-42-24-10-2-11-25-42/h1-35,48-55,60-61,66H,36-40H2/t48-,49-,50-,51-,52+,53+,54-,55-,60-,61+/m1/s1. The van der Waals surface area contributed by atoms with Crippen molar-refractivity contribution in [2.75, 3.05) is 13.2 Å². The van der Waals surface area contributed by atoms with Crippen LogP contribution < -0.4 is 0 Å². The van der Waals surface area contributed by atoms with Gasteiger partial charge in [0.2, 0.25) is 0 Å². The molecule has 2 saturated heterocycles. The summed E-state index contributed by atoms with van der Waals surface area (Å²) < 4.78 is 64.8. The molecule has 7 aromatic carbocycles. The van der Waals surface area contributed by atoms with Crippen molar-refractivity contribution in [1.82, 2.24) is 0 Å². The fourth-order valence-electron chi connectivity index (χ4n) is 8.75. The summed E-state index contributed by atoms with van der Waals surface area (Å²) >= 11 is 0. The van der Waals surface area contributed by atoms with Crippen LogP contribution in [0.25, 0.3) is 0 Å². The van der Waals surface area contributed by atoms with Crippen molar-refractivity contribution in [3.63, 3.8) is 0 Å². The number of carbonyl (C=O) groups is 4. The van der Waals surface area contributed by atoms with Crippen LogP contribution in [-0.2, 0) is 67.2 Å². The van der Waals surface area contributed by atoms with E-state index in [4.69, 9.17) is 47.4 Å². The molecule has 2 aliphatic rings. The zero-order valence-corrected chi connectivity index (χ0v) is 41.2. The van der Waals surface area contributed by atoms with Crippen LogP contribution in [0, 0.1) is 0 Å². The van der Waals surface area contributed by atoms with Gasteiger partial charge >= 0.3 is 23.9 Å². The number of aliphatic hydroxyl groups excluding tert-OH is 1. The summed E-state index contributed by atoms with van der Waals surface area (Å²) in [7, 11) is 0. The summed E-state index contributed by atoms with van der Waals surface area (Å²) in [5.74, 6) is -3.38. The largest absolute Gasteiger partial charge is 0.459 e. The molecule has 10 atom stereocenters. The number of carbonyl (C=O) groups excluding carboxylic acids is 4. The highest BCUT2D eigenvalue weighted by Gasteiger charge is 2.57. The Morgan fingerprint density at radius 3 is 1.20 bits per heavy atom. The van der Waals surface area contributed by atoms with Crippen LogP contribution in [0.15, 0.2) is 212 Å². The third kappa shape index (κ3) is 14.1. The molecule has 0 spiro atoms. The van der Waals surface area contributed by atoms with E-state index in [1.807, 2.05) is 91.0 Å². The Morgan fingerprint density at radius 1 is 0.368 bits per heavy atom. The average Bonchev–Trinajstić information content (AvgIpc) is 3.50. The first kappa shape index (κ1) is 53.0. The normalized spacial score (nSPS) is 23.1. The smallest absolute Gasteiger partial charge is 0.338 e. The Balaban J connectivity index is 1.15. The third-order valence-corrected chi connectivity index (χ3v) is 12.6. The van der Waals surface area contributed by atoms with Crippen molar-refractivity contribution in [2.45, 2.75) is 81.2 Å². The van der Waals surface area contributed by atoms with Gasteiger partial charge in [-0.15, -0.1) is 0 Å². The monoisotopic (exact) mass is 1030 g/mol. The van der Waals surface area contributed by atoms with Gasteiger partial charge in [-0.25, -0.2) is 19.2 Å². The number of hydrogen-bond acceptors (Lipinski definition) is 15. The van der Waals surface area contributed by atoms with Gasteiger partial charge in [0.15, 0.2) is 30.9 Å². The molecule has 7 aromatic rings. The molecular weight excluding hydrogens is 973 g/mol. The van der Waals surface area contributed by atoms with Crippen LogP contribution in [0.3, 0.4) is 0 Å². The predicted octanol–water partition coefficient (Wildman–Crippen LogP) is 8.74. The molecule has 0 unspecified atom stereocenters. The molecule has 1 N–H and O–H groups in total. The van der Waals surface area contributed by atoms with Crippen molar-refractivity contribution in [3.8, 4) is 0 Å². The fourth-order valence-corrected chi connectivity index (χ4v) is 8.75. The lowest BCUT2D eigenvalue weighted by Gasteiger charge is -2.49. The van der Waals surface area contributed by atoms with E-state index in [0.29, 0.717) is 0 Å². The number of rotatable bonds is 21. The summed E-state index contributed by atoms with van der Waals surface area (Å²) in [6, 6.07) is 60.5. The quantitative estimate of drug-likeness (QED) is 0.0533. The molecule has 0 saturated carbocycles. The molecular formula is C61H56O15.